The summed E-state index contributed by atoms with van der Waals surface area (Å²) in [6.45, 7) is 0. The first-order valence-electron chi connectivity index (χ1n) is 7.78. The molecule has 0 unspecified atom stereocenters. The van der Waals surface area contributed by atoms with Crippen molar-refractivity contribution in [2.75, 3.05) is 0 Å². The van der Waals surface area contributed by atoms with E-state index in [2.05, 4.69) is 11.1 Å². The Morgan fingerprint density at radius 2 is 1.62 bits per heavy atom. The fourth-order valence-electron chi connectivity index (χ4n) is 2.82. The van der Waals surface area contributed by atoms with Crippen LogP contribution in [-0.4, -0.2) is 10.8 Å². The molecule has 0 saturated carbocycles. The number of carbonyl (C=O) groups excluding carboxylic acids is 1. The number of carbonyl (C=O) groups is 1. The average Bonchev–Trinajstić information content (AvgIpc) is 2.68. The van der Waals surface area contributed by atoms with Gasteiger partial charge in [0, 0.05) is 37.4 Å². The van der Waals surface area contributed by atoms with Crippen molar-refractivity contribution in [3.05, 3.63) is 110 Å². The smallest absolute Gasteiger partial charge is 0.195 e. The minimum atomic E-state index is -0.0112. The van der Waals surface area contributed by atoms with Crippen molar-refractivity contribution in [3.63, 3.8) is 0 Å². The van der Waals surface area contributed by atoms with Gasteiger partial charge in [-0.05, 0) is 16.5 Å². The second kappa shape index (κ2) is 8.66. The van der Waals surface area contributed by atoms with Crippen LogP contribution in [0.1, 0.15) is 15.9 Å². The third kappa shape index (κ3) is 3.80. The molecule has 0 atom stereocenters. The molecule has 3 aromatic carbocycles. The molecule has 131 valence electrons. The van der Waals surface area contributed by atoms with Crippen LogP contribution in [0.2, 0.25) is 0 Å². The Morgan fingerprint density at radius 1 is 0.846 bits per heavy atom. The summed E-state index contributed by atoms with van der Waals surface area (Å²) in [5.41, 5.74) is 3.02. The van der Waals surface area contributed by atoms with Crippen LogP contribution in [0.5, 0.6) is 0 Å². The maximum atomic E-state index is 12.9. The Kier molecular flexibility index (Phi) is 6.57. The Morgan fingerprint density at radius 3 is 2.35 bits per heavy atom. The Hall–Kier alpha value is -2.61. The average molecular weight is 516 g/mol. The van der Waals surface area contributed by atoms with Crippen LogP contribution in [0.4, 0.5) is 0 Å². The molecule has 0 N–H and O–H groups in total. The van der Waals surface area contributed by atoms with E-state index in [9.17, 15) is 4.79 Å². The summed E-state index contributed by atoms with van der Waals surface area (Å²) in [6.07, 6.45) is 1.64. The van der Waals surface area contributed by atoms with E-state index in [1.165, 1.54) is 0 Å². The number of rotatable bonds is 3. The van der Waals surface area contributed by atoms with Crippen LogP contribution in [0.25, 0.3) is 22.0 Å². The Labute approximate surface area is 167 Å². The molecule has 4 aromatic rings. The molecule has 0 amide bonds. The number of benzene rings is 3. The SMILES string of the molecule is O=C(c1ccc(-c2[c-]cccc2)nc1)c1cccc2ccccc12.[CH3-].[Ir]. The first kappa shape index (κ1) is 19.7. The molecule has 0 fully saturated rings. The van der Waals surface area contributed by atoms with Gasteiger partial charge in [-0.2, -0.15) is 0 Å². The summed E-state index contributed by atoms with van der Waals surface area (Å²) in [6, 6.07) is 28.2. The predicted octanol–water partition coefficient (Wildman–Crippen LogP) is 5.38. The van der Waals surface area contributed by atoms with Crippen LogP contribution in [0.3, 0.4) is 0 Å². The number of fused-ring (bicyclic) bond motifs is 1. The van der Waals surface area contributed by atoms with Gasteiger partial charge in [0.05, 0.1) is 0 Å². The molecule has 26 heavy (non-hydrogen) atoms. The van der Waals surface area contributed by atoms with Crippen molar-refractivity contribution in [1.29, 1.82) is 0 Å². The summed E-state index contributed by atoms with van der Waals surface area (Å²) in [5.74, 6) is -0.0112. The molecule has 0 aliphatic heterocycles. The van der Waals surface area contributed by atoms with E-state index in [-0.39, 0.29) is 33.3 Å². The van der Waals surface area contributed by atoms with Crippen molar-refractivity contribution in [1.82, 2.24) is 4.98 Å². The second-order valence-electron chi connectivity index (χ2n) is 5.56. The van der Waals surface area contributed by atoms with Crippen molar-refractivity contribution in [3.8, 4) is 11.3 Å². The molecular weight excluding hydrogens is 498 g/mol. The number of hydrogen-bond donors (Lipinski definition) is 0. The van der Waals surface area contributed by atoms with Gasteiger partial charge in [0.15, 0.2) is 5.78 Å². The van der Waals surface area contributed by atoms with Crippen molar-refractivity contribution < 1.29 is 24.9 Å². The van der Waals surface area contributed by atoms with Crippen LogP contribution in [-0.2, 0) is 20.1 Å². The fraction of sp³-hybridized carbons (Fsp3) is 0. The van der Waals surface area contributed by atoms with E-state index in [0.717, 1.165) is 22.0 Å². The van der Waals surface area contributed by atoms with Gasteiger partial charge in [-0.25, -0.2) is 0 Å². The van der Waals surface area contributed by atoms with E-state index in [0.29, 0.717) is 11.1 Å². The maximum Gasteiger partial charge on any atom is 0.195 e. The summed E-state index contributed by atoms with van der Waals surface area (Å²) < 4.78 is 0. The third-order valence-electron chi connectivity index (χ3n) is 4.04. The number of hydrogen-bond acceptors (Lipinski definition) is 2. The van der Waals surface area contributed by atoms with E-state index < -0.39 is 0 Å². The van der Waals surface area contributed by atoms with E-state index >= 15 is 0 Å². The van der Waals surface area contributed by atoms with Gasteiger partial charge in [0.2, 0.25) is 0 Å². The van der Waals surface area contributed by atoms with Gasteiger partial charge < -0.3 is 12.4 Å². The van der Waals surface area contributed by atoms with E-state index in [1.54, 1.807) is 6.20 Å². The first-order valence-corrected chi connectivity index (χ1v) is 7.78. The van der Waals surface area contributed by atoms with Gasteiger partial charge in [0.1, 0.15) is 0 Å². The summed E-state index contributed by atoms with van der Waals surface area (Å²) in [5, 5.41) is 2.03. The van der Waals surface area contributed by atoms with Crippen molar-refractivity contribution in [2.45, 2.75) is 0 Å². The standard InChI is InChI=1S/C22H14NO.CH3.Ir/c24-22(20-12-6-10-16-7-4-5-11-19(16)20)18-13-14-21(23-15-18)17-8-2-1-3-9-17;;/h1-8,10-15H;1H3;/q2*-1;. The minimum Gasteiger partial charge on any atom is -0.358 e. The topological polar surface area (TPSA) is 30.0 Å². The van der Waals surface area contributed by atoms with Crippen LogP contribution in [0.15, 0.2) is 85.1 Å². The Balaban J connectivity index is 0.00000121. The molecule has 1 heterocycles. The minimum absolute atomic E-state index is 0. The van der Waals surface area contributed by atoms with Crippen molar-refractivity contribution in [2.24, 2.45) is 0 Å². The summed E-state index contributed by atoms with van der Waals surface area (Å²) in [7, 11) is 0. The first-order chi connectivity index (χ1) is 11.8. The molecule has 4 rings (SSSR count). The van der Waals surface area contributed by atoms with E-state index in [1.807, 2.05) is 78.9 Å². The maximum absolute atomic E-state index is 12.9. The molecule has 0 aliphatic carbocycles. The van der Waals surface area contributed by atoms with Gasteiger partial charge in [-0.1, -0.05) is 54.6 Å². The number of ketones is 1. The zero-order valence-electron chi connectivity index (χ0n) is 14.3. The molecule has 1 radical (unpaired) electrons. The molecule has 0 spiro atoms. The zero-order chi connectivity index (χ0) is 16.4. The van der Waals surface area contributed by atoms with Gasteiger partial charge in [-0.3, -0.25) is 4.79 Å². The largest absolute Gasteiger partial charge is 0.358 e. The van der Waals surface area contributed by atoms with Crippen LogP contribution < -0.4 is 0 Å². The van der Waals surface area contributed by atoms with E-state index in [4.69, 9.17) is 0 Å². The molecule has 0 aliphatic rings. The van der Waals surface area contributed by atoms with Gasteiger partial charge in [-0.15, -0.1) is 35.9 Å². The van der Waals surface area contributed by atoms with Gasteiger partial charge in [0.25, 0.3) is 0 Å². The molecule has 2 nitrogen and oxygen atoms in total. The van der Waals surface area contributed by atoms with Crippen LogP contribution >= 0.6 is 0 Å². The summed E-state index contributed by atoms with van der Waals surface area (Å²) >= 11 is 0. The number of pyridine rings is 1. The normalized spacial score (nSPS) is 9.85. The zero-order valence-corrected chi connectivity index (χ0v) is 16.7. The monoisotopic (exact) mass is 516 g/mol. The predicted molar refractivity (Wildman–Crippen MR) is 102 cm³/mol. The van der Waals surface area contributed by atoms with Crippen molar-refractivity contribution >= 4 is 16.6 Å². The quantitative estimate of drug-likeness (QED) is 0.271. The van der Waals surface area contributed by atoms with Crippen LogP contribution in [0, 0.1) is 13.5 Å². The third-order valence-corrected chi connectivity index (χ3v) is 4.04. The number of nitrogens with zero attached hydrogens (tertiary/aromatic N) is 1. The second-order valence-corrected chi connectivity index (χ2v) is 5.56. The summed E-state index contributed by atoms with van der Waals surface area (Å²) in [4.78, 5) is 17.3. The molecule has 1 aromatic heterocycles. The molecule has 0 bridgehead atoms. The molecular formula is C23H17IrNO-2. The van der Waals surface area contributed by atoms with Gasteiger partial charge >= 0.3 is 0 Å². The molecule has 3 heteroatoms. The Bertz CT molecular complexity index is 1010. The fourth-order valence-corrected chi connectivity index (χ4v) is 2.82. The molecule has 0 saturated heterocycles. The number of aromatic nitrogens is 1.